The van der Waals surface area contributed by atoms with E-state index in [1.165, 1.54) is 0 Å². The molecule has 0 radical (unpaired) electrons. The number of aliphatic hydroxyl groups excluding tert-OH is 1. The number of rotatable bonds is 6. The molecule has 3 atom stereocenters. The van der Waals surface area contributed by atoms with Gasteiger partial charge in [0, 0.05) is 13.0 Å². The second-order valence-electron chi connectivity index (χ2n) is 5.09. The van der Waals surface area contributed by atoms with Gasteiger partial charge in [-0.3, -0.25) is 0 Å². The van der Waals surface area contributed by atoms with Gasteiger partial charge in [0.25, 0.3) is 0 Å². The Hall–Kier alpha value is -0.860. The predicted molar refractivity (Wildman–Crippen MR) is 71.1 cm³/mol. The number of hydrogen-bond donors (Lipinski definition) is 1. The summed E-state index contributed by atoms with van der Waals surface area (Å²) in [5.74, 6) is 0.623. The summed E-state index contributed by atoms with van der Waals surface area (Å²) in [4.78, 5) is 0. The zero-order valence-corrected chi connectivity index (χ0v) is 11.3. The number of hydrogen-bond acceptors (Lipinski definition) is 2. The van der Waals surface area contributed by atoms with E-state index in [9.17, 15) is 5.11 Å². The zero-order valence-electron chi connectivity index (χ0n) is 11.3. The minimum absolute atomic E-state index is 0.0924. The largest absolute Gasteiger partial charge is 0.390 e. The monoisotopic (exact) mass is 236 g/mol. The number of methoxy groups -OCH3 is 1. The molecule has 0 saturated heterocycles. The molecule has 0 aromatic heterocycles. The van der Waals surface area contributed by atoms with Gasteiger partial charge in [0.05, 0.1) is 12.2 Å². The fourth-order valence-corrected chi connectivity index (χ4v) is 2.12. The van der Waals surface area contributed by atoms with E-state index >= 15 is 0 Å². The Kier molecular flexibility index (Phi) is 5.66. The third-order valence-corrected chi connectivity index (χ3v) is 3.23. The molecule has 17 heavy (non-hydrogen) atoms. The molecule has 0 unspecified atom stereocenters. The maximum Gasteiger partial charge on any atom is 0.0867 e. The topological polar surface area (TPSA) is 29.5 Å². The highest BCUT2D eigenvalue weighted by molar-refractivity contribution is 5.20. The molecule has 2 nitrogen and oxygen atoms in total. The van der Waals surface area contributed by atoms with Crippen LogP contribution in [-0.2, 0) is 4.74 Å². The van der Waals surface area contributed by atoms with Gasteiger partial charge < -0.3 is 9.84 Å². The molecule has 1 aromatic carbocycles. The second kappa shape index (κ2) is 6.77. The summed E-state index contributed by atoms with van der Waals surface area (Å²) in [5.41, 5.74) is 1.16. The Labute approximate surface area is 105 Å². The smallest absolute Gasteiger partial charge is 0.0867 e. The fourth-order valence-electron chi connectivity index (χ4n) is 2.12. The fraction of sp³-hybridized carbons (Fsp3) is 0.600. The normalized spacial score (nSPS) is 16.8. The molecule has 0 bridgehead atoms. The van der Waals surface area contributed by atoms with Gasteiger partial charge in [-0.1, -0.05) is 51.1 Å². The standard InChI is InChI=1S/C15H24O2/c1-11(2)10-14(17-4)15(16)12(3)13-8-6-5-7-9-13/h5-9,11-12,14-16H,10H2,1-4H3/t12-,14+,15+/m1/s1. The van der Waals surface area contributed by atoms with E-state index in [2.05, 4.69) is 26.0 Å². The second-order valence-corrected chi connectivity index (χ2v) is 5.09. The van der Waals surface area contributed by atoms with Crippen LogP contribution in [0.15, 0.2) is 30.3 Å². The first-order valence-electron chi connectivity index (χ1n) is 6.32. The van der Waals surface area contributed by atoms with Gasteiger partial charge in [0.2, 0.25) is 0 Å². The van der Waals surface area contributed by atoms with Gasteiger partial charge in [-0.15, -0.1) is 0 Å². The van der Waals surface area contributed by atoms with Crippen LogP contribution in [0.25, 0.3) is 0 Å². The van der Waals surface area contributed by atoms with Gasteiger partial charge >= 0.3 is 0 Å². The van der Waals surface area contributed by atoms with E-state index in [1.807, 2.05) is 25.1 Å². The first-order valence-corrected chi connectivity index (χ1v) is 6.32. The van der Waals surface area contributed by atoms with Crippen molar-refractivity contribution in [2.45, 2.75) is 45.3 Å². The quantitative estimate of drug-likeness (QED) is 0.822. The third kappa shape index (κ3) is 4.14. The van der Waals surface area contributed by atoms with Gasteiger partial charge in [0.1, 0.15) is 0 Å². The van der Waals surface area contributed by atoms with E-state index in [-0.39, 0.29) is 12.0 Å². The Bertz CT molecular complexity index is 308. The third-order valence-electron chi connectivity index (χ3n) is 3.23. The molecule has 0 saturated carbocycles. The minimum atomic E-state index is -0.454. The van der Waals surface area contributed by atoms with Crippen LogP contribution in [0.3, 0.4) is 0 Å². The number of benzene rings is 1. The molecule has 0 aliphatic carbocycles. The van der Waals surface area contributed by atoms with Crippen molar-refractivity contribution in [1.82, 2.24) is 0 Å². The maximum absolute atomic E-state index is 10.4. The van der Waals surface area contributed by atoms with Crippen LogP contribution in [0.4, 0.5) is 0 Å². The first kappa shape index (κ1) is 14.2. The van der Waals surface area contributed by atoms with Crippen LogP contribution < -0.4 is 0 Å². The first-order chi connectivity index (χ1) is 8.06. The lowest BCUT2D eigenvalue weighted by Gasteiger charge is -2.28. The molecular formula is C15H24O2. The number of ether oxygens (including phenoxy) is 1. The van der Waals surface area contributed by atoms with E-state index in [4.69, 9.17) is 4.74 Å². The molecule has 1 aromatic rings. The van der Waals surface area contributed by atoms with Crippen molar-refractivity contribution in [2.75, 3.05) is 7.11 Å². The molecule has 1 rings (SSSR count). The molecule has 0 fully saturated rings. The van der Waals surface area contributed by atoms with Gasteiger partial charge in [-0.2, -0.15) is 0 Å². The lowest BCUT2D eigenvalue weighted by molar-refractivity contribution is -0.0327. The lowest BCUT2D eigenvalue weighted by atomic mass is 9.89. The molecule has 0 spiro atoms. The molecular weight excluding hydrogens is 212 g/mol. The van der Waals surface area contributed by atoms with Crippen molar-refractivity contribution >= 4 is 0 Å². The Morgan fingerprint density at radius 2 is 1.71 bits per heavy atom. The Balaban J connectivity index is 2.70. The van der Waals surface area contributed by atoms with Crippen molar-refractivity contribution in [3.8, 4) is 0 Å². The van der Waals surface area contributed by atoms with Gasteiger partial charge in [-0.25, -0.2) is 0 Å². The SMILES string of the molecule is CO[C@@H](CC(C)C)[C@@H](O)[C@H](C)c1ccccc1. The van der Waals surface area contributed by atoms with Crippen LogP contribution in [0.5, 0.6) is 0 Å². The molecule has 96 valence electrons. The minimum Gasteiger partial charge on any atom is -0.390 e. The van der Waals surface area contributed by atoms with E-state index in [0.29, 0.717) is 5.92 Å². The maximum atomic E-state index is 10.4. The van der Waals surface area contributed by atoms with Crippen molar-refractivity contribution in [3.05, 3.63) is 35.9 Å². The van der Waals surface area contributed by atoms with Gasteiger partial charge in [0.15, 0.2) is 0 Å². The highest BCUT2D eigenvalue weighted by Crippen LogP contribution is 2.25. The van der Waals surface area contributed by atoms with Crippen molar-refractivity contribution in [3.63, 3.8) is 0 Å². The molecule has 0 aliphatic rings. The Morgan fingerprint density at radius 3 is 2.18 bits per heavy atom. The van der Waals surface area contributed by atoms with Crippen LogP contribution in [0.2, 0.25) is 0 Å². The average molecular weight is 236 g/mol. The number of aliphatic hydroxyl groups is 1. The summed E-state index contributed by atoms with van der Waals surface area (Å²) in [6.07, 6.45) is 0.337. The highest BCUT2D eigenvalue weighted by atomic mass is 16.5. The van der Waals surface area contributed by atoms with Crippen LogP contribution in [0, 0.1) is 5.92 Å². The van der Waals surface area contributed by atoms with Crippen molar-refractivity contribution in [2.24, 2.45) is 5.92 Å². The van der Waals surface area contributed by atoms with Crippen LogP contribution in [0.1, 0.15) is 38.7 Å². The Morgan fingerprint density at radius 1 is 1.12 bits per heavy atom. The summed E-state index contributed by atoms with van der Waals surface area (Å²) in [7, 11) is 1.67. The van der Waals surface area contributed by atoms with E-state index in [0.717, 1.165) is 12.0 Å². The highest BCUT2D eigenvalue weighted by Gasteiger charge is 2.26. The van der Waals surface area contributed by atoms with Crippen LogP contribution in [-0.4, -0.2) is 24.4 Å². The molecule has 0 heterocycles. The zero-order chi connectivity index (χ0) is 12.8. The average Bonchev–Trinajstić information content (AvgIpc) is 2.35. The van der Waals surface area contributed by atoms with Crippen LogP contribution >= 0.6 is 0 Å². The molecule has 0 amide bonds. The summed E-state index contributed by atoms with van der Waals surface area (Å²) >= 11 is 0. The molecule has 1 N–H and O–H groups in total. The summed E-state index contributed by atoms with van der Waals surface area (Å²) in [6, 6.07) is 10.1. The lowest BCUT2D eigenvalue weighted by Crippen LogP contribution is -2.33. The van der Waals surface area contributed by atoms with E-state index in [1.54, 1.807) is 7.11 Å². The van der Waals surface area contributed by atoms with Crippen molar-refractivity contribution < 1.29 is 9.84 Å². The van der Waals surface area contributed by atoms with Crippen molar-refractivity contribution in [1.29, 1.82) is 0 Å². The molecule has 0 aliphatic heterocycles. The predicted octanol–water partition coefficient (Wildman–Crippen LogP) is 3.21. The summed E-state index contributed by atoms with van der Waals surface area (Å²) < 4.78 is 5.42. The summed E-state index contributed by atoms with van der Waals surface area (Å²) in [5, 5.41) is 10.4. The van der Waals surface area contributed by atoms with E-state index < -0.39 is 6.10 Å². The molecule has 2 heteroatoms. The van der Waals surface area contributed by atoms with Gasteiger partial charge in [-0.05, 0) is 17.9 Å². The summed E-state index contributed by atoms with van der Waals surface area (Å²) in [6.45, 7) is 6.34.